The molecule has 0 aliphatic carbocycles. The van der Waals surface area contributed by atoms with E-state index in [0.29, 0.717) is 30.5 Å². The molecule has 0 bridgehead atoms. The van der Waals surface area contributed by atoms with E-state index in [1.165, 1.54) is 6.07 Å². The molecule has 0 spiro atoms. The van der Waals surface area contributed by atoms with Gasteiger partial charge in [-0.05, 0) is 48.2 Å². The van der Waals surface area contributed by atoms with E-state index in [1.807, 2.05) is 24.3 Å². The van der Waals surface area contributed by atoms with Gasteiger partial charge in [-0.3, -0.25) is 0 Å². The maximum absolute atomic E-state index is 13.1. The van der Waals surface area contributed by atoms with Crippen molar-refractivity contribution in [3.8, 4) is 11.5 Å². The summed E-state index contributed by atoms with van der Waals surface area (Å²) in [5.41, 5.74) is 7.82. The van der Waals surface area contributed by atoms with E-state index in [-0.39, 0.29) is 5.82 Å². The van der Waals surface area contributed by atoms with Crippen molar-refractivity contribution in [3.05, 3.63) is 59.4 Å². The standard InChI is InChI=1S/C19H24FN3O2/c1-24-17-9-8-15(12-18(17)25-2)13-23-19(21)22-10-4-6-14-5-3-7-16(20)11-14/h3,5,7-9,11-12H,4,6,10,13H2,1-2H3,(H3,21,22,23). The predicted molar refractivity (Wildman–Crippen MR) is 97.6 cm³/mol. The van der Waals surface area contributed by atoms with Crippen LogP contribution < -0.4 is 20.5 Å². The van der Waals surface area contributed by atoms with Crippen LogP contribution in [0.5, 0.6) is 11.5 Å². The van der Waals surface area contributed by atoms with Gasteiger partial charge in [0.1, 0.15) is 5.82 Å². The fourth-order valence-corrected chi connectivity index (χ4v) is 2.41. The third-order valence-electron chi connectivity index (χ3n) is 3.72. The molecule has 0 saturated heterocycles. The molecule has 0 aliphatic rings. The Hall–Kier alpha value is -2.76. The van der Waals surface area contributed by atoms with Crippen LogP contribution >= 0.6 is 0 Å². The smallest absolute Gasteiger partial charge is 0.188 e. The fourth-order valence-electron chi connectivity index (χ4n) is 2.41. The molecule has 25 heavy (non-hydrogen) atoms. The number of aryl methyl sites for hydroxylation is 1. The molecule has 0 saturated carbocycles. The molecule has 0 aromatic heterocycles. The van der Waals surface area contributed by atoms with Gasteiger partial charge in [-0.2, -0.15) is 0 Å². The second-order valence-corrected chi connectivity index (χ2v) is 5.55. The van der Waals surface area contributed by atoms with Crippen LogP contribution in [-0.4, -0.2) is 26.7 Å². The summed E-state index contributed by atoms with van der Waals surface area (Å²) in [7, 11) is 3.20. The van der Waals surface area contributed by atoms with Gasteiger partial charge in [-0.25, -0.2) is 9.38 Å². The Morgan fingerprint density at radius 1 is 1.08 bits per heavy atom. The minimum Gasteiger partial charge on any atom is -0.493 e. The molecule has 0 amide bonds. The summed E-state index contributed by atoms with van der Waals surface area (Å²) >= 11 is 0. The summed E-state index contributed by atoms with van der Waals surface area (Å²) in [6, 6.07) is 12.3. The first kappa shape index (κ1) is 18.6. The zero-order valence-corrected chi connectivity index (χ0v) is 14.6. The zero-order valence-electron chi connectivity index (χ0n) is 14.6. The first-order valence-electron chi connectivity index (χ1n) is 8.11. The average molecular weight is 345 g/mol. The maximum Gasteiger partial charge on any atom is 0.188 e. The number of aliphatic imine (C=N–C) groups is 1. The summed E-state index contributed by atoms with van der Waals surface area (Å²) in [5, 5.41) is 3.07. The number of halogens is 1. The molecule has 0 radical (unpaired) electrons. The van der Waals surface area contributed by atoms with Crippen molar-refractivity contribution in [3.63, 3.8) is 0 Å². The lowest BCUT2D eigenvalue weighted by Crippen LogP contribution is -2.32. The van der Waals surface area contributed by atoms with Crippen molar-refractivity contribution in [1.29, 1.82) is 0 Å². The fraction of sp³-hybridized carbons (Fsp3) is 0.316. The number of ether oxygens (including phenoxy) is 2. The van der Waals surface area contributed by atoms with Gasteiger partial charge in [0.15, 0.2) is 17.5 Å². The lowest BCUT2D eigenvalue weighted by molar-refractivity contribution is 0.354. The highest BCUT2D eigenvalue weighted by molar-refractivity contribution is 5.77. The molecule has 0 unspecified atom stereocenters. The van der Waals surface area contributed by atoms with Crippen LogP contribution in [0.2, 0.25) is 0 Å². The van der Waals surface area contributed by atoms with Gasteiger partial charge in [-0.1, -0.05) is 18.2 Å². The average Bonchev–Trinajstić information content (AvgIpc) is 2.63. The minimum atomic E-state index is -0.207. The normalized spacial score (nSPS) is 11.2. The lowest BCUT2D eigenvalue weighted by Gasteiger charge is -2.09. The Bertz CT molecular complexity index is 720. The highest BCUT2D eigenvalue weighted by atomic mass is 19.1. The summed E-state index contributed by atoms with van der Waals surface area (Å²) in [4.78, 5) is 4.31. The molecule has 2 aromatic carbocycles. The predicted octanol–water partition coefficient (Wildman–Crippen LogP) is 2.88. The van der Waals surface area contributed by atoms with Crippen LogP contribution in [0.25, 0.3) is 0 Å². The Morgan fingerprint density at radius 3 is 2.60 bits per heavy atom. The summed E-state index contributed by atoms with van der Waals surface area (Å²) in [6.45, 7) is 1.13. The van der Waals surface area contributed by atoms with E-state index in [9.17, 15) is 4.39 Å². The van der Waals surface area contributed by atoms with Crippen LogP contribution in [0, 0.1) is 5.82 Å². The van der Waals surface area contributed by atoms with E-state index in [4.69, 9.17) is 15.2 Å². The molecule has 134 valence electrons. The molecule has 2 rings (SSSR count). The number of nitrogens with one attached hydrogen (secondary N) is 1. The van der Waals surface area contributed by atoms with Crippen LogP contribution in [0.15, 0.2) is 47.5 Å². The van der Waals surface area contributed by atoms with Gasteiger partial charge < -0.3 is 20.5 Å². The largest absolute Gasteiger partial charge is 0.493 e. The molecular formula is C19H24FN3O2. The number of methoxy groups -OCH3 is 2. The van der Waals surface area contributed by atoms with Gasteiger partial charge in [0, 0.05) is 6.54 Å². The van der Waals surface area contributed by atoms with Crippen LogP contribution in [0.3, 0.4) is 0 Å². The number of guanidine groups is 1. The van der Waals surface area contributed by atoms with Crippen molar-refractivity contribution >= 4 is 5.96 Å². The first-order chi connectivity index (χ1) is 12.1. The first-order valence-corrected chi connectivity index (χ1v) is 8.11. The molecule has 2 aromatic rings. The van der Waals surface area contributed by atoms with E-state index >= 15 is 0 Å². The van der Waals surface area contributed by atoms with Gasteiger partial charge in [0.2, 0.25) is 0 Å². The summed E-state index contributed by atoms with van der Waals surface area (Å²) < 4.78 is 23.6. The highest BCUT2D eigenvalue weighted by Crippen LogP contribution is 2.27. The van der Waals surface area contributed by atoms with Gasteiger partial charge >= 0.3 is 0 Å². The van der Waals surface area contributed by atoms with Crippen molar-refractivity contribution in [2.75, 3.05) is 20.8 Å². The number of benzene rings is 2. The molecule has 0 atom stereocenters. The lowest BCUT2D eigenvalue weighted by atomic mass is 10.1. The van der Waals surface area contributed by atoms with Gasteiger partial charge in [-0.15, -0.1) is 0 Å². The highest BCUT2D eigenvalue weighted by Gasteiger charge is 2.04. The molecule has 6 heteroatoms. The third kappa shape index (κ3) is 5.99. The van der Waals surface area contributed by atoms with E-state index in [2.05, 4.69) is 10.3 Å². The molecule has 0 fully saturated rings. The number of rotatable bonds is 8. The maximum atomic E-state index is 13.1. The Morgan fingerprint density at radius 2 is 1.88 bits per heavy atom. The van der Waals surface area contributed by atoms with Crippen molar-refractivity contribution in [1.82, 2.24) is 5.32 Å². The molecule has 5 nitrogen and oxygen atoms in total. The van der Waals surface area contributed by atoms with Crippen LogP contribution in [-0.2, 0) is 13.0 Å². The Kier molecular flexibility index (Phi) is 7.07. The van der Waals surface area contributed by atoms with Crippen LogP contribution in [0.1, 0.15) is 17.5 Å². The quantitative estimate of drug-likeness (QED) is 0.438. The number of hydrogen-bond donors (Lipinski definition) is 2. The summed E-state index contributed by atoms with van der Waals surface area (Å²) in [5.74, 6) is 1.52. The number of nitrogens with zero attached hydrogens (tertiary/aromatic N) is 1. The van der Waals surface area contributed by atoms with Gasteiger partial charge in [0.05, 0.1) is 20.8 Å². The number of nitrogens with two attached hydrogens (primary N) is 1. The SMILES string of the molecule is COc1ccc(CN=C(N)NCCCc2cccc(F)c2)cc1OC. The van der Waals surface area contributed by atoms with E-state index < -0.39 is 0 Å². The summed E-state index contributed by atoms with van der Waals surface area (Å²) in [6.07, 6.45) is 1.63. The monoisotopic (exact) mass is 345 g/mol. The van der Waals surface area contributed by atoms with Crippen molar-refractivity contribution in [2.45, 2.75) is 19.4 Å². The Labute approximate surface area is 147 Å². The van der Waals surface area contributed by atoms with E-state index in [1.54, 1.807) is 26.4 Å². The second kappa shape index (κ2) is 9.52. The molecular weight excluding hydrogens is 321 g/mol. The molecule has 3 N–H and O–H groups in total. The van der Waals surface area contributed by atoms with Gasteiger partial charge in [0.25, 0.3) is 0 Å². The van der Waals surface area contributed by atoms with E-state index in [0.717, 1.165) is 24.0 Å². The molecule has 0 aliphatic heterocycles. The minimum absolute atomic E-state index is 0.207. The topological polar surface area (TPSA) is 68.9 Å². The third-order valence-corrected chi connectivity index (χ3v) is 3.72. The number of hydrogen-bond acceptors (Lipinski definition) is 3. The Balaban J connectivity index is 1.78. The second-order valence-electron chi connectivity index (χ2n) is 5.55. The van der Waals surface area contributed by atoms with Crippen LogP contribution in [0.4, 0.5) is 4.39 Å². The molecule has 0 heterocycles. The van der Waals surface area contributed by atoms with Crippen molar-refractivity contribution < 1.29 is 13.9 Å². The zero-order chi connectivity index (χ0) is 18.1. The van der Waals surface area contributed by atoms with Crippen molar-refractivity contribution in [2.24, 2.45) is 10.7 Å².